The largest absolute Gasteiger partial charge is 0.505 e. The number of allylic oxidation sites excluding steroid dienone is 6. The molecule has 2 amide bonds. The molecule has 0 bridgehead atoms. The second-order valence-electron chi connectivity index (χ2n) is 9.43. The highest BCUT2D eigenvalue weighted by molar-refractivity contribution is 9.12. The van der Waals surface area contributed by atoms with Gasteiger partial charge in [-0.25, -0.2) is 4.39 Å². The van der Waals surface area contributed by atoms with E-state index in [1.807, 2.05) is 6.08 Å². The second kappa shape index (κ2) is 8.92. The van der Waals surface area contributed by atoms with Crippen LogP contribution in [-0.4, -0.2) is 51.0 Å². The zero-order valence-electron chi connectivity index (χ0n) is 18.9. The van der Waals surface area contributed by atoms with Gasteiger partial charge in [-0.2, -0.15) is 0 Å². The van der Waals surface area contributed by atoms with Crippen LogP contribution in [0.4, 0.5) is 4.39 Å². The number of aliphatic carboxylic acids is 1. The van der Waals surface area contributed by atoms with Gasteiger partial charge in [-0.1, -0.05) is 17.7 Å². The molecule has 1 saturated heterocycles. The number of aromatic hydroxyl groups is 1. The number of imide groups is 1. The molecule has 5 rings (SSSR count). The van der Waals surface area contributed by atoms with Crippen LogP contribution in [0, 0.1) is 23.6 Å². The molecule has 36 heavy (non-hydrogen) atoms. The molecule has 1 heterocycles. The summed E-state index contributed by atoms with van der Waals surface area (Å²) in [6.07, 6.45) is 3.26. The fourth-order valence-electron chi connectivity index (χ4n) is 5.96. The van der Waals surface area contributed by atoms with Crippen LogP contribution < -0.4 is 0 Å². The van der Waals surface area contributed by atoms with E-state index in [9.17, 15) is 33.5 Å². The van der Waals surface area contributed by atoms with Gasteiger partial charge in [-0.05, 0) is 58.8 Å². The summed E-state index contributed by atoms with van der Waals surface area (Å²) < 4.78 is 14.5. The molecule has 1 aromatic carbocycles. The number of benzene rings is 1. The van der Waals surface area contributed by atoms with Crippen LogP contribution in [0.1, 0.15) is 37.2 Å². The molecular weight excluding hydrogens is 537 g/mol. The molecule has 1 aromatic rings. The molecule has 2 N–H and O–H groups in total. The average molecular weight is 558 g/mol. The number of carbonyl (C=O) groups is 5. The van der Waals surface area contributed by atoms with Gasteiger partial charge in [0.25, 0.3) is 0 Å². The number of carbonyl (C=O) groups excluding carboxylic acids is 4. The Morgan fingerprint density at radius 1 is 1.14 bits per heavy atom. The quantitative estimate of drug-likeness (QED) is 0.323. The normalized spacial score (nSPS) is 27.4. The van der Waals surface area contributed by atoms with Gasteiger partial charge in [0.05, 0.1) is 16.3 Å². The first-order chi connectivity index (χ1) is 17.1. The lowest BCUT2D eigenvalue weighted by Crippen LogP contribution is -2.39. The molecule has 4 aliphatic rings. The van der Waals surface area contributed by atoms with E-state index in [4.69, 9.17) is 5.11 Å². The first-order valence-electron chi connectivity index (χ1n) is 11.5. The minimum Gasteiger partial charge on any atom is -0.505 e. The Kier molecular flexibility index (Phi) is 6.02. The highest BCUT2D eigenvalue weighted by Gasteiger charge is 2.56. The minimum atomic E-state index is -1.02. The second-order valence-corrected chi connectivity index (χ2v) is 10.3. The standard InChI is InChI=1S/C26H21BrFNO7/c27-16-10-19(31)23-15(24(16)34)9-14-12(21(23)11-3-6-18(30)17(28)8-11)4-5-13-22(14)26(36)29(25(13)35)7-1-2-20(32)33/h3-4,6,8,10,13-14,21-22,30H,1-2,5,7,9H2,(H,32,33)/t13-,14+,21-,22-/m0/s1. The molecule has 1 aliphatic heterocycles. The van der Waals surface area contributed by atoms with Crippen LogP contribution in [0.2, 0.25) is 0 Å². The zero-order valence-corrected chi connectivity index (χ0v) is 20.5. The van der Waals surface area contributed by atoms with E-state index in [1.54, 1.807) is 0 Å². The van der Waals surface area contributed by atoms with E-state index < -0.39 is 58.7 Å². The van der Waals surface area contributed by atoms with Crippen LogP contribution >= 0.6 is 15.9 Å². The Morgan fingerprint density at radius 2 is 1.89 bits per heavy atom. The van der Waals surface area contributed by atoms with E-state index in [2.05, 4.69) is 15.9 Å². The SMILES string of the molecule is O=C(O)CCCN1C(=O)[C@H]2[C@H](CC=C3[C@H](c4ccc(O)c(F)c4)C4=C(C[C@H]32)C(=O)C(Br)=CC4=O)C1=O. The Labute approximate surface area is 213 Å². The summed E-state index contributed by atoms with van der Waals surface area (Å²) in [6.45, 7) is -0.00866. The predicted molar refractivity (Wildman–Crippen MR) is 126 cm³/mol. The Hall–Kier alpha value is -3.40. The number of nitrogens with zero attached hydrogens (tertiary/aromatic N) is 1. The van der Waals surface area contributed by atoms with Crippen LogP contribution in [-0.2, 0) is 24.0 Å². The number of rotatable bonds is 5. The predicted octanol–water partition coefficient (Wildman–Crippen LogP) is 3.16. The van der Waals surface area contributed by atoms with Crippen LogP contribution in [0.3, 0.4) is 0 Å². The molecule has 10 heteroatoms. The van der Waals surface area contributed by atoms with E-state index in [0.29, 0.717) is 11.1 Å². The van der Waals surface area contributed by atoms with Crippen molar-refractivity contribution >= 4 is 45.3 Å². The minimum absolute atomic E-state index is 0.00866. The number of carboxylic acid groups (broad SMARTS) is 1. The fourth-order valence-corrected chi connectivity index (χ4v) is 6.41. The molecule has 0 radical (unpaired) electrons. The van der Waals surface area contributed by atoms with Gasteiger partial charge in [0, 0.05) is 36.1 Å². The van der Waals surface area contributed by atoms with Gasteiger partial charge < -0.3 is 10.2 Å². The van der Waals surface area contributed by atoms with E-state index in [0.717, 1.165) is 11.0 Å². The zero-order chi connectivity index (χ0) is 25.9. The summed E-state index contributed by atoms with van der Waals surface area (Å²) in [5, 5.41) is 18.6. The Morgan fingerprint density at radius 3 is 2.58 bits per heavy atom. The van der Waals surface area contributed by atoms with Crippen LogP contribution in [0.5, 0.6) is 5.75 Å². The van der Waals surface area contributed by atoms with Gasteiger partial charge in [-0.3, -0.25) is 28.9 Å². The molecule has 0 spiro atoms. The summed E-state index contributed by atoms with van der Waals surface area (Å²) in [4.78, 5) is 64.7. The van der Waals surface area contributed by atoms with E-state index in [1.165, 1.54) is 18.2 Å². The van der Waals surface area contributed by atoms with Crippen molar-refractivity contribution in [2.24, 2.45) is 17.8 Å². The topological polar surface area (TPSA) is 129 Å². The fraction of sp³-hybridized carbons (Fsp3) is 0.346. The smallest absolute Gasteiger partial charge is 0.303 e. The van der Waals surface area contributed by atoms with E-state index >= 15 is 0 Å². The van der Waals surface area contributed by atoms with Crippen molar-refractivity contribution in [1.82, 2.24) is 4.90 Å². The average Bonchev–Trinajstić information content (AvgIpc) is 3.08. The van der Waals surface area contributed by atoms with Gasteiger partial charge in [-0.15, -0.1) is 0 Å². The number of hydrogen-bond donors (Lipinski definition) is 2. The van der Waals surface area contributed by atoms with Crippen molar-refractivity contribution in [2.45, 2.75) is 31.6 Å². The first-order valence-corrected chi connectivity index (χ1v) is 12.3. The number of fused-ring (bicyclic) bond motifs is 3. The number of carboxylic acids is 1. The van der Waals surface area contributed by atoms with Crippen LogP contribution in [0.15, 0.2) is 51.6 Å². The molecule has 0 aromatic heterocycles. The third-order valence-corrected chi connectivity index (χ3v) is 8.09. The van der Waals surface area contributed by atoms with Gasteiger partial charge in [0.1, 0.15) is 0 Å². The maximum Gasteiger partial charge on any atom is 0.303 e. The number of likely N-dealkylation sites (tertiary alicyclic amines) is 1. The van der Waals surface area contributed by atoms with Gasteiger partial charge >= 0.3 is 5.97 Å². The van der Waals surface area contributed by atoms with Crippen LogP contribution in [0.25, 0.3) is 0 Å². The number of Topliss-reactive ketones (excluding diaryl/α,β-unsaturated/α-hetero) is 1. The Bertz CT molecular complexity index is 1340. The summed E-state index contributed by atoms with van der Waals surface area (Å²) in [5.74, 6) is -6.85. The number of amides is 2. The van der Waals surface area contributed by atoms with Crippen molar-refractivity contribution < 1.29 is 38.6 Å². The molecule has 0 unspecified atom stereocenters. The summed E-state index contributed by atoms with van der Waals surface area (Å²) in [7, 11) is 0. The lowest BCUT2D eigenvalue weighted by Gasteiger charge is -2.42. The summed E-state index contributed by atoms with van der Waals surface area (Å²) in [6, 6.07) is 3.77. The molecule has 1 fully saturated rings. The lowest BCUT2D eigenvalue weighted by atomic mass is 9.59. The van der Waals surface area contributed by atoms with Crippen molar-refractivity contribution in [1.29, 1.82) is 0 Å². The molecule has 4 atom stereocenters. The maximum atomic E-state index is 14.4. The van der Waals surface area contributed by atoms with Crippen molar-refractivity contribution in [3.8, 4) is 5.75 Å². The van der Waals surface area contributed by atoms with E-state index in [-0.39, 0.29) is 53.8 Å². The molecule has 8 nitrogen and oxygen atoms in total. The monoisotopic (exact) mass is 557 g/mol. The van der Waals surface area contributed by atoms with Gasteiger partial charge in [0.15, 0.2) is 23.1 Å². The third kappa shape index (κ3) is 3.75. The summed E-state index contributed by atoms with van der Waals surface area (Å²) in [5.41, 5.74) is 1.46. The van der Waals surface area contributed by atoms with Gasteiger partial charge in [0.2, 0.25) is 11.8 Å². The highest BCUT2D eigenvalue weighted by Crippen LogP contribution is 2.55. The molecule has 186 valence electrons. The molecule has 3 aliphatic carbocycles. The first kappa shape index (κ1) is 24.3. The number of ketones is 2. The van der Waals surface area contributed by atoms with Crippen molar-refractivity contribution in [3.63, 3.8) is 0 Å². The highest BCUT2D eigenvalue weighted by atomic mass is 79.9. The number of halogens is 2. The van der Waals surface area contributed by atoms with Crippen molar-refractivity contribution in [3.05, 3.63) is 62.9 Å². The molecule has 0 saturated carbocycles. The lowest BCUT2D eigenvalue weighted by molar-refractivity contribution is -0.142. The summed E-state index contributed by atoms with van der Waals surface area (Å²) >= 11 is 3.14. The number of phenols is 1. The maximum absolute atomic E-state index is 14.4. The number of phenolic OH excluding ortho intramolecular Hbond substituents is 1. The third-order valence-electron chi connectivity index (χ3n) is 7.50. The molecular formula is C26H21BrFNO7. The number of hydrogen-bond acceptors (Lipinski definition) is 6. The Balaban J connectivity index is 1.58. The van der Waals surface area contributed by atoms with Crippen molar-refractivity contribution in [2.75, 3.05) is 6.54 Å².